The van der Waals surface area contributed by atoms with Crippen LogP contribution >= 0.6 is 11.6 Å². The van der Waals surface area contributed by atoms with E-state index in [4.69, 9.17) is 21.3 Å². The van der Waals surface area contributed by atoms with Crippen molar-refractivity contribution in [2.45, 2.75) is 0 Å². The molecule has 2 heterocycles. The molecule has 32 heavy (non-hydrogen) atoms. The first-order chi connectivity index (χ1) is 15.4. The van der Waals surface area contributed by atoms with E-state index in [0.29, 0.717) is 60.6 Å². The number of carboxylic acid groups (broad SMARTS) is 1. The van der Waals surface area contributed by atoms with Gasteiger partial charge in [0.15, 0.2) is 0 Å². The largest absolute Gasteiger partial charge is 0.478 e. The number of ether oxygens (including phenoxy) is 1. The summed E-state index contributed by atoms with van der Waals surface area (Å²) in [5, 5.41) is 15.5. The van der Waals surface area contributed by atoms with Crippen LogP contribution in [-0.2, 0) is 4.74 Å². The predicted octanol–water partition coefficient (Wildman–Crippen LogP) is 4.26. The number of morpholine rings is 1. The smallest absolute Gasteiger partial charge is 0.335 e. The zero-order chi connectivity index (χ0) is 22.7. The van der Waals surface area contributed by atoms with Crippen molar-refractivity contribution in [2.24, 2.45) is 0 Å². The lowest BCUT2D eigenvalue weighted by atomic mass is 10.0. The second-order valence-corrected chi connectivity index (χ2v) is 7.55. The van der Waals surface area contributed by atoms with Gasteiger partial charge in [0.2, 0.25) is 5.95 Å². The number of halogens is 2. The number of nitrogens with zero attached hydrogens (tertiary/aromatic N) is 3. The summed E-state index contributed by atoms with van der Waals surface area (Å²) in [6, 6.07) is 9.27. The maximum Gasteiger partial charge on any atom is 0.335 e. The van der Waals surface area contributed by atoms with Gasteiger partial charge in [-0.2, -0.15) is 4.98 Å². The monoisotopic (exact) mass is 457 g/mol. The van der Waals surface area contributed by atoms with Gasteiger partial charge in [0.25, 0.3) is 0 Å². The Balaban J connectivity index is 1.77. The second kappa shape index (κ2) is 9.37. The summed E-state index contributed by atoms with van der Waals surface area (Å²) in [5.41, 5.74) is 2.72. The van der Waals surface area contributed by atoms with Gasteiger partial charge >= 0.3 is 5.97 Å². The summed E-state index contributed by atoms with van der Waals surface area (Å²) in [6.45, 7) is 2.36. The zero-order valence-corrected chi connectivity index (χ0v) is 18.0. The number of hydrogen-bond acceptors (Lipinski definition) is 7. The summed E-state index contributed by atoms with van der Waals surface area (Å²) in [5.74, 6) is -0.588. The first kappa shape index (κ1) is 21.8. The minimum atomic E-state index is -1.02. The Labute approximate surface area is 189 Å². The molecule has 3 N–H and O–H groups in total. The van der Waals surface area contributed by atoms with Crippen LogP contribution in [0.5, 0.6) is 0 Å². The van der Waals surface area contributed by atoms with Crippen molar-refractivity contribution in [1.29, 1.82) is 0 Å². The number of nitrogens with one attached hydrogen (secondary N) is 2. The van der Waals surface area contributed by atoms with E-state index in [1.165, 1.54) is 12.1 Å². The van der Waals surface area contributed by atoms with Crippen LogP contribution in [0.1, 0.15) is 10.4 Å². The molecule has 2 aromatic carbocycles. The molecule has 1 fully saturated rings. The molecule has 1 saturated heterocycles. The highest BCUT2D eigenvalue weighted by Crippen LogP contribution is 2.33. The molecule has 0 atom stereocenters. The van der Waals surface area contributed by atoms with Gasteiger partial charge in [0, 0.05) is 43.3 Å². The van der Waals surface area contributed by atoms with Gasteiger partial charge in [0.1, 0.15) is 11.6 Å². The number of hydrogen-bond donors (Lipinski definition) is 3. The number of aromatic carboxylic acids is 1. The standard InChI is InChI=1S/C22H21ClFN5O3/c1-25-16-9-13(8-14(10-16)21(30)31)17-12-26-22(27-15-2-3-19(24)18(23)11-15)28-20(17)29-4-6-32-7-5-29/h2-3,8-12,25H,4-7H2,1H3,(H,30,31)(H,26,27,28). The van der Waals surface area contributed by atoms with Crippen LogP contribution in [-0.4, -0.2) is 54.4 Å². The van der Waals surface area contributed by atoms with E-state index in [9.17, 15) is 14.3 Å². The first-order valence-electron chi connectivity index (χ1n) is 9.93. The van der Waals surface area contributed by atoms with E-state index in [2.05, 4.69) is 20.5 Å². The van der Waals surface area contributed by atoms with Crippen molar-refractivity contribution in [2.75, 3.05) is 48.9 Å². The Hall–Kier alpha value is -3.43. The van der Waals surface area contributed by atoms with Crippen molar-refractivity contribution in [1.82, 2.24) is 9.97 Å². The molecule has 4 rings (SSSR count). The minimum absolute atomic E-state index is 0.00916. The number of anilines is 4. The first-order valence-corrected chi connectivity index (χ1v) is 10.3. The molecule has 0 radical (unpaired) electrons. The molecule has 0 bridgehead atoms. The van der Waals surface area contributed by atoms with Gasteiger partial charge in [0.05, 0.1) is 23.8 Å². The molecule has 166 valence electrons. The fraction of sp³-hybridized carbons (Fsp3) is 0.227. The molecule has 0 unspecified atom stereocenters. The minimum Gasteiger partial charge on any atom is -0.478 e. The Kier molecular flexibility index (Phi) is 6.38. The Morgan fingerprint density at radius 3 is 2.66 bits per heavy atom. The Morgan fingerprint density at radius 1 is 1.19 bits per heavy atom. The molecule has 1 aliphatic heterocycles. The summed E-state index contributed by atoms with van der Waals surface area (Å²) in [7, 11) is 1.73. The third-order valence-corrected chi connectivity index (χ3v) is 5.32. The lowest BCUT2D eigenvalue weighted by Crippen LogP contribution is -2.37. The molecular weight excluding hydrogens is 437 g/mol. The maximum absolute atomic E-state index is 13.5. The Morgan fingerprint density at radius 2 is 1.97 bits per heavy atom. The van der Waals surface area contributed by atoms with Crippen molar-refractivity contribution in [3.63, 3.8) is 0 Å². The van der Waals surface area contributed by atoms with Crippen LogP contribution in [0, 0.1) is 5.82 Å². The fourth-order valence-corrected chi connectivity index (χ4v) is 3.59. The van der Waals surface area contributed by atoms with Crippen LogP contribution in [0.15, 0.2) is 42.6 Å². The van der Waals surface area contributed by atoms with Crippen LogP contribution in [0.2, 0.25) is 5.02 Å². The van der Waals surface area contributed by atoms with Crippen LogP contribution < -0.4 is 15.5 Å². The van der Waals surface area contributed by atoms with Crippen molar-refractivity contribution in [3.8, 4) is 11.1 Å². The molecule has 0 amide bonds. The van der Waals surface area contributed by atoms with E-state index >= 15 is 0 Å². The number of carboxylic acids is 1. The number of aromatic nitrogens is 2. The number of rotatable bonds is 6. The molecule has 1 aromatic heterocycles. The second-order valence-electron chi connectivity index (χ2n) is 7.14. The van der Waals surface area contributed by atoms with Gasteiger partial charge in [-0.25, -0.2) is 14.2 Å². The normalized spacial score (nSPS) is 13.7. The molecule has 1 aliphatic rings. The summed E-state index contributed by atoms with van der Waals surface area (Å²) >= 11 is 5.88. The SMILES string of the molecule is CNc1cc(C(=O)O)cc(-c2cnc(Nc3ccc(F)c(Cl)c3)nc2N2CCOCC2)c1. The van der Waals surface area contributed by atoms with Crippen molar-refractivity contribution in [3.05, 3.63) is 59.0 Å². The van der Waals surface area contributed by atoms with E-state index in [-0.39, 0.29) is 10.6 Å². The Bertz CT molecular complexity index is 1150. The lowest BCUT2D eigenvalue weighted by Gasteiger charge is -2.29. The summed E-state index contributed by atoms with van der Waals surface area (Å²) in [6.07, 6.45) is 1.64. The van der Waals surface area contributed by atoms with Crippen LogP contribution in [0.3, 0.4) is 0 Å². The van der Waals surface area contributed by atoms with Gasteiger partial charge in [-0.1, -0.05) is 11.6 Å². The third-order valence-electron chi connectivity index (χ3n) is 5.03. The lowest BCUT2D eigenvalue weighted by molar-refractivity contribution is 0.0697. The van der Waals surface area contributed by atoms with E-state index in [1.807, 2.05) is 6.07 Å². The number of benzene rings is 2. The van der Waals surface area contributed by atoms with Gasteiger partial charge in [-0.3, -0.25) is 0 Å². The van der Waals surface area contributed by atoms with Crippen molar-refractivity contribution < 1.29 is 19.0 Å². The fourth-order valence-electron chi connectivity index (χ4n) is 3.41. The zero-order valence-electron chi connectivity index (χ0n) is 17.2. The molecular formula is C22H21ClFN5O3. The summed E-state index contributed by atoms with van der Waals surface area (Å²) in [4.78, 5) is 22.8. The molecule has 0 saturated carbocycles. The topological polar surface area (TPSA) is 99.6 Å². The highest BCUT2D eigenvalue weighted by Gasteiger charge is 2.20. The third kappa shape index (κ3) is 4.74. The van der Waals surface area contributed by atoms with E-state index in [0.717, 1.165) is 0 Å². The van der Waals surface area contributed by atoms with Gasteiger partial charge in [-0.05, 0) is 42.0 Å². The van der Waals surface area contributed by atoms with Crippen LogP contribution in [0.4, 0.5) is 27.5 Å². The van der Waals surface area contributed by atoms with E-state index in [1.54, 1.807) is 31.4 Å². The summed E-state index contributed by atoms with van der Waals surface area (Å²) < 4.78 is 18.9. The average Bonchev–Trinajstić information content (AvgIpc) is 2.81. The van der Waals surface area contributed by atoms with Crippen LogP contribution in [0.25, 0.3) is 11.1 Å². The predicted molar refractivity (Wildman–Crippen MR) is 122 cm³/mol. The highest BCUT2D eigenvalue weighted by molar-refractivity contribution is 6.31. The molecule has 10 heteroatoms. The molecule has 0 spiro atoms. The molecule has 0 aliphatic carbocycles. The van der Waals surface area contributed by atoms with Crippen molar-refractivity contribution >= 4 is 40.7 Å². The number of carbonyl (C=O) groups is 1. The maximum atomic E-state index is 13.5. The molecule has 8 nitrogen and oxygen atoms in total. The average molecular weight is 458 g/mol. The quantitative estimate of drug-likeness (QED) is 0.505. The van der Waals surface area contributed by atoms with E-state index < -0.39 is 11.8 Å². The molecule has 3 aromatic rings. The highest BCUT2D eigenvalue weighted by atomic mass is 35.5. The van der Waals surface area contributed by atoms with Gasteiger partial charge < -0.3 is 25.4 Å². The van der Waals surface area contributed by atoms with Gasteiger partial charge in [-0.15, -0.1) is 0 Å².